The van der Waals surface area contributed by atoms with Crippen LogP contribution in [0.1, 0.15) is 11.1 Å². The monoisotopic (exact) mass is 402 g/mol. The van der Waals surface area contributed by atoms with Gasteiger partial charge < -0.3 is 4.74 Å². The van der Waals surface area contributed by atoms with Gasteiger partial charge in [-0.2, -0.15) is 9.78 Å². The topological polar surface area (TPSA) is 52.3 Å². The van der Waals surface area contributed by atoms with Gasteiger partial charge in [0.2, 0.25) is 5.16 Å². The van der Waals surface area contributed by atoms with Crippen molar-refractivity contribution < 1.29 is 4.74 Å². The van der Waals surface area contributed by atoms with Crippen LogP contribution in [-0.2, 0) is 5.75 Å². The van der Waals surface area contributed by atoms with Crippen LogP contribution in [0.3, 0.4) is 0 Å². The average Bonchev–Trinajstić information content (AvgIpc) is 3.06. The van der Waals surface area contributed by atoms with E-state index in [9.17, 15) is 0 Å². The van der Waals surface area contributed by atoms with Crippen LogP contribution in [0.15, 0.2) is 69.6 Å². The van der Waals surface area contributed by atoms with Crippen molar-refractivity contribution in [3.63, 3.8) is 0 Å². The molecule has 24 heavy (non-hydrogen) atoms. The van der Waals surface area contributed by atoms with E-state index in [-0.39, 0.29) is 0 Å². The fourth-order valence-electron chi connectivity index (χ4n) is 2.01. The van der Waals surface area contributed by atoms with Crippen LogP contribution in [0.2, 0.25) is 0 Å². The van der Waals surface area contributed by atoms with E-state index in [0.29, 0.717) is 0 Å². The van der Waals surface area contributed by atoms with Gasteiger partial charge in [0.05, 0.1) is 17.8 Å². The zero-order chi connectivity index (χ0) is 16.8. The normalized spacial score (nSPS) is 11.1. The van der Waals surface area contributed by atoms with Crippen LogP contribution < -0.4 is 4.74 Å². The number of thioether (sulfide) groups is 1. The van der Waals surface area contributed by atoms with Crippen molar-refractivity contribution in [1.29, 1.82) is 0 Å². The first-order valence-electron chi connectivity index (χ1n) is 7.21. The summed E-state index contributed by atoms with van der Waals surface area (Å²) in [4.78, 5) is 0. The second kappa shape index (κ2) is 8.12. The van der Waals surface area contributed by atoms with E-state index in [1.54, 1.807) is 36.1 Å². The molecule has 0 radical (unpaired) electrons. The predicted molar refractivity (Wildman–Crippen MR) is 99.7 cm³/mol. The Morgan fingerprint density at radius 3 is 2.83 bits per heavy atom. The van der Waals surface area contributed by atoms with Gasteiger partial charge in [0.25, 0.3) is 0 Å². The van der Waals surface area contributed by atoms with Crippen molar-refractivity contribution in [2.75, 3.05) is 7.11 Å². The fourth-order valence-corrected chi connectivity index (χ4v) is 3.39. The van der Waals surface area contributed by atoms with Crippen LogP contribution in [0.25, 0.3) is 0 Å². The van der Waals surface area contributed by atoms with Crippen LogP contribution >= 0.6 is 27.7 Å². The summed E-state index contributed by atoms with van der Waals surface area (Å²) >= 11 is 5.07. The first-order valence-corrected chi connectivity index (χ1v) is 8.99. The number of nitrogens with zero attached hydrogens (tertiary/aromatic N) is 4. The van der Waals surface area contributed by atoms with Gasteiger partial charge in [0.15, 0.2) is 0 Å². The maximum absolute atomic E-state index is 5.22. The number of hydrogen-bond acceptors (Lipinski definition) is 5. The molecule has 3 aromatic rings. The number of ether oxygens (including phenoxy) is 1. The third-order valence-corrected chi connectivity index (χ3v) is 4.84. The van der Waals surface area contributed by atoms with Crippen LogP contribution in [0.5, 0.6) is 5.75 Å². The number of hydrogen-bond donors (Lipinski definition) is 0. The fraction of sp³-hybridized carbons (Fsp3) is 0.118. The Balaban J connectivity index is 1.70. The lowest BCUT2D eigenvalue weighted by atomic mass is 10.2. The number of halogens is 1. The molecule has 0 aliphatic rings. The summed E-state index contributed by atoms with van der Waals surface area (Å²) in [6, 6.07) is 16.0. The molecular formula is C17H15BrN4OS. The molecule has 0 fully saturated rings. The summed E-state index contributed by atoms with van der Waals surface area (Å²) in [5.41, 5.74) is 2.19. The summed E-state index contributed by atoms with van der Waals surface area (Å²) in [6.07, 6.45) is 3.36. The van der Waals surface area contributed by atoms with Gasteiger partial charge in [0.1, 0.15) is 12.1 Å². The smallest absolute Gasteiger partial charge is 0.212 e. The largest absolute Gasteiger partial charge is 0.496 e. The zero-order valence-corrected chi connectivity index (χ0v) is 15.4. The van der Waals surface area contributed by atoms with Gasteiger partial charge in [-0.15, -0.1) is 10.2 Å². The summed E-state index contributed by atoms with van der Waals surface area (Å²) in [7, 11) is 1.64. The summed E-state index contributed by atoms with van der Waals surface area (Å²) in [6.45, 7) is 0. The van der Waals surface area contributed by atoms with Crippen molar-refractivity contribution in [3.05, 3.63) is 70.5 Å². The first-order chi connectivity index (χ1) is 11.8. The van der Waals surface area contributed by atoms with Crippen molar-refractivity contribution >= 4 is 33.9 Å². The maximum Gasteiger partial charge on any atom is 0.212 e. The molecule has 0 atom stereocenters. The molecule has 0 saturated heterocycles. The molecule has 0 saturated carbocycles. The molecule has 2 aromatic carbocycles. The minimum Gasteiger partial charge on any atom is -0.496 e. The molecule has 0 amide bonds. The van der Waals surface area contributed by atoms with Crippen LogP contribution in [0, 0.1) is 0 Å². The Bertz CT molecular complexity index is 836. The van der Waals surface area contributed by atoms with Crippen LogP contribution in [0.4, 0.5) is 0 Å². The molecule has 0 aliphatic heterocycles. The second-order valence-electron chi connectivity index (χ2n) is 4.87. The highest BCUT2D eigenvalue weighted by molar-refractivity contribution is 9.10. The van der Waals surface area contributed by atoms with Gasteiger partial charge in [-0.25, -0.2) is 0 Å². The molecule has 0 N–H and O–H groups in total. The minimum absolute atomic E-state index is 0.752. The lowest BCUT2D eigenvalue weighted by Gasteiger charge is -2.03. The minimum atomic E-state index is 0.752. The third-order valence-electron chi connectivity index (χ3n) is 3.22. The van der Waals surface area contributed by atoms with E-state index in [0.717, 1.165) is 26.7 Å². The molecule has 0 spiro atoms. The van der Waals surface area contributed by atoms with Gasteiger partial charge in [0, 0.05) is 5.75 Å². The van der Waals surface area contributed by atoms with E-state index in [2.05, 4.69) is 43.4 Å². The average molecular weight is 403 g/mol. The highest BCUT2D eigenvalue weighted by atomic mass is 79.9. The molecular weight excluding hydrogens is 388 g/mol. The van der Waals surface area contributed by atoms with Crippen molar-refractivity contribution in [2.45, 2.75) is 10.9 Å². The van der Waals surface area contributed by atoms with Gasteiger partial charge in [-0.1, -0.05) is 42.1 Å². The Hall–Kier alpha value is -2.12. The Morgan fingerprint density at radius 2 is 2.08 bits per heavy atom. The summed E-state index contributed by atoms with van der Waals surface area (Å²) in [5.74, 6) is 1.61. The maximum atomic E-state index is 5.22. The van der Waals surface area contributed by atoms with Crippen molar-refractivity contribution in [2.24, 2.45) is 5.10 Å². The molecule has 0 aliphatic carbocycles. The molecule has 5 nitrogen and oxygen atoms in total. The standard InChI is InChI=1S/C17H15BrN4OS/c1-23-16-8-7-14(9-15(16)18)10-20-22-12-19-21-17(22)24-11-13-5-3-2-4-6-13/h2-10,12H,11H2,1H3/b20-10+. The van der Waals surface area contributed by atoms with E-state index < -0.39 is 0 Å². The highest BCUT2D eigenvalue weighted by Gasteiger charge is 2.05. The van der Waals surface area contributed by atoms with Gasteiger partial charge in [-0.05, 0) is 45.3 Å². The zero-order valence-electron chi connectivity index (χ0n) is 13.0. The summed E-state index contributed by atoms with van der Waals surface area (Å²) < 4.78 is 7.78. The van der Waals surface area contributed by atoms with E-state index in [1.165, 1.54) is 5.56 Å². The SMILES string of the molecule is COc1ccc(/C=N/n2cnnc2SCc2ccccc2)cc1Br. The third kappa shape index (κ3) is 4.24. The van der Waals surface area contributed by atoms with Crippen molar-refractivity contribution in [3.8, 4) is 5.75 Å². The number of benzene rings is 2. The number of rotatable bonds is 6. The van der Waals surface area contributed by atoms with E-state index >= 15 is 0 Å². The molecule has 0 unspecified atom stereocenters. The van der Waals surface area contributed by atoms with Gasteiger partial charge in [-0.3, -0.25) is 0 Å². The Morgan fingerprint density at radius 1 is 1.25 bits per heavy atom. The lowest BCUT2D eigenvalue weighted by Crippen LogP contribution is -1.93. The first kappa shape index (κ1) is 16.7. The van der Waals surface area contributed by atoms with Crippen molar-refractivity contribution in [1.82, 2.24) is 14.9 Å². The molecule has 7 heteroatoms. The summed E-state index contributed by atoms with van der Waals surface area (Å²) in [5, 5.41) is 13.2. The van der Waals surface area contributed by atoms with Gasteiger partial charge >= 0.3 is 0 Å². The molecule has 122 valence electrons. The molecule has 0 bridgehead atoms. The molecule has 1 aromatic heterocycles. The quantitative estimate of drug-likeness (QED) is 0.457. The second-order valence-corrected chi connectivity index (χ2v) is 6.67. The molecule has 1 heterocycles. The number of aromatic nitrogens is 3. The predicted octanol–water partition coefficient (Wildman–Crippen LogP) is 4.22. The highest BCUT2D eigenvalue weighted by Crippen LogP contribution is 2.25. The number of methoxy groups -OCH3 is 1. The Labute approximate surface area is 152 Å². The van der Waals surface area contributed by atoms with E-state index in [4.69, 9.17) is 4.74 Å². The Kier molecular flexibility index (Phi) is 5.66. The molecule has 3 rings (SSSR count). The van der Waals surface area contributed by atoms with Crippen LogP contribution in [-0.4, -0.2) is 28.2 Å². The lowest BCUT2D eigenvalue weighted by molar-refractivity contribution is 0.412. The van der Waals surface area contributed by atoms with E-state index in [1.807, 2.05) is 36.4 Å².